The predicted octanol–water partition coefficient (Wildman–Crippen LogP) is 11.9. The van der Waals surface area contributed by atoms with Gasteiger partial charge < -0.3 is 86.3 Å². The third-order valence-electron chi connectivity index (χ3n) is 16.1. The van der Waals surface area contributed by atoms with Crippen molar-refractivity contribution in [2.75, 3.05) is 165 Å². The molecule has 538 valence electrons. The topological polar surface area (TPSA) is 302 Å². The van der Waals surface area contributed by atoms with Gasteiger partial charge in [0.05, 0.1) is 36.4 Å². The number of aliphatic hydroxyl groups is 3. The van der Waals surface area contributed by atoms with Crippen LogP contribution in [-0.4, -0.2) is 217 Å². The highest BCUT2D eigenvalue weighted by atomic mass is 35.5. The number of anilines is 10. The summed E-state index contributed by atoms with van der Waals surface area (Å²) < 4.78 is 15.5. The molecule has 3 fully saturated rings. The maximum atomic E-state index is 8.96. The highest BCUT2D eigenvalue weighted by Gasteiger charge is 2.25. The fourth-order valence-electron chi connectivity index (χ4n) is 10.3. The molecule has 3 aromatic carbocycles. The quantitative estimate of drug-likeness (QED) is 0.0187. The van der Waals surface area contributed by atoms with E-state index in [-0.39, 0.29) is 29.7 Å². The van der Waals surface area contributed by atoms with Crippen molar-refractivity contribution in [3.63, 3.8) is 0 Å². The van der Waals surface area contributed by atoms with Crippen molar-refractivity contribution >= 4 is 117 Å². The molecule has 0 atom stereocenters. The van der Waals surface area contributed by atoms with E-state index in [9.17, 15) is 0 Å². The number of nitrogens with one attached hydrogen (secondary N) is 7. The van der Waals surface area contributed by atoms with Crippen LogP contribution < -0.4 is 61.2 Å². The van der Waals surface area contributed by atoms with Gasteiger partial charge in [-0.2, -0.15) is 44.9 Å². The first-order valence-electron chi connectivity index (χ1n) is 33.3. The Morgan fingerprint density at radius 2 is 0.835 bits per heavy atom. The first-order valence-corrected chi connectivity index (χ1v) is 35.2. The lowest BCUT2D eigenvalue weighted by Gasteiger charge is -2.35. The van der Waals surface area contributed by atoms with Crippen LogP contribution >= 0.6 is 58.0 Å². The number of benzene rings is 3. The SMILES string of the molecule is CCCCCCO.CNC1CCN(C)CC1.COc1ccc(Nc2nc(Cl)nc(Cl)n2)cc1Cl.COc1ccc(Nc2nc(NCCCCCO)nc(N(C)C3CCN(C)CC3)n2)cc1Cl.COc1ccc(Nc2nc(NCCCCCO)nc(N(C)C3CCNCC3)n2)cc1Cl. The second kappa shape index (κ2) is 46.3. The summed E-state index contributed by atoms with van der Waals surface area (Å²) in [5.74, 6) is 5.25. The Kier molecular flexibility index (Phi) is 38.9. The van der Waals surface area contributed by atoms with E-state index in [1.54, 1.807) is 63.8 Å². The fourth-order valence-corrected chi connectivity index (χ4v) is 11.4. The molecule has 97 heavy (non-hydrogen) atoms. The summed E-state index contributed by atoms with van der Waals surface area (Å²) in [5, 5.41) is 50.4. The smallest absolute Gasteiger partial charge is 0.233 e. The van der Waals surface area contributed by atoms with E-state index >= 15 is 0 Å². The molecular weight excluding hydrogens is 1350 g/mol. The summed E-state index contributed by atoms with van der Waals surface area (Å²) in [4.78, 5) is 48.2. The Morgan fingerprint density at radius 1 is 0.474 bits per heavy atom. The maximum absolute atomic E-state index is 8.96. The van der Waals surface area contributed by atoms with Crippen LogP contribution in [0.4, 0.5) is 58.7 Å². The molecule has 3 aromatic heterocycles. The monoisotopic (exact) mass is 1450 g/mol. The van der Waals surface area contributed by atoms with Crippen molar-refractivity contribution in [1.29, 1.82) is 0 Å². The number of nitrogens with zero attached hydrogens (tertiary/aromatic N) is 13. The number of rotatable bonds is 30. The van der Waals surface area contributed by atoms with Crippen LogP contribution in [0.25, 0.3) is 0 Å². The zero-order valence-corrected chi connectivity index (χ0v) is 61.6. The number of aromatic nitrogens is 9. The lowest BCUT2D eigenvalue weighted by Crippen LogP contribution is -2.42. The Balaban J connectivity index is 0.000000241. The molecule has 26 nitrogen and oxygen atoms in total. The number of piperidine rings is 3. The lowest BCUT2D eigenvalue weighted by atomic mass is 10.0. The van der Waals surface area contributed by atoms with Gasteiger partial charge in [0, 0.05) is 82.2 Å². The van der Waals surface area contributed by atoms with Gasteiger partial charge in [-0.25, -0.2) is 0 Å². The van der Waals surface area contributed by atoms with Crippen LogP contribution in [0, 0.1) is 0 Å². The number of methoxy groups -OCH3 is 3. The number of likely N-dealkylation sites (tertiary alicyclic amines) is 2. The van der Waals surface area contributed by atoms with Gasteiger partial charge in [0.15, 0.2) is 0 Å². The molecule has 0 radical (unpaired) electrons. The molecule has 3 aliphatic rings. The van der Waals surface area contributed by atoms with Crippen molar-refractivity contribution < 1.29 is 29.5 Å². The summed E-state index contributed by atoms with van der Waals surface area (Å²) in [6.45, 7) is 11.0. The van der Waals surface area contributed by atoms with Gasteiger partial charge in [-0.3, -0.25) is 0 Å². The minimum absolute atomic E-state index is 0.0112. The molecular formula is C66H103Cl5N20O6. The Hall–Kier alpha value is -6.14. The molecule has 0 saturated carbocycles. The molecule has 6 aromatic rings. The molecule has 10 N–H and O–H groups in total. The van der Waals surface area contributed by atoms with Crippen molar-refractivity contribution in [2.45, 2.75) is 128 Å². The molecule has 0 aliphatic carbocycles. The van der Waals surface area contributed by atoms with E-state index in [0.29, 0.717) is 92.4 Å². The highest BCUT2D eigenvalue weighted by molar-refractivity contribution is 6.33. The molecule has 6 heterocycles. The highest BCUT2D eigenvalue weighted by Crippen LogP contribution is 2.32. The Labute approximate surface area is 598 Å². The molecule has 31 heteroatoms. The molecule has 0 spiro atoms. The van der Waals surface area contributed by atoms with Gasteiger partial charge in [-0.15, -0.1) is 0 Å². The number of hydrogen-bond acceptors (Lipinski definition) is 26. The number of aliphatic hydroxyl groups excluding tert-OH is 3. The minimum atomic E-state index is 0.0112. The van der Waals surface area contributed by atoms with E-state index in [4.69, 9.17) is 87.5 Å². The molecule has 0 bridgehead atoms. The van der Waals surface area contributed by atoms with Gasteiger partial charge >= 0.3 is 0 Å². The maximum Gasteiger partial charge on any atom is 0.233 e. The lowest BCUT2D eigenvalue weighted by molar-refractivity contribution is 0.240. The largest absolute Gasteiger partial charge is 0.495 e. The molecule has 3 saturated heterocycles. The summed E-state index contributed by atoms with van der Waals surface area (Å²) >= 11 is 29.8. The van der Waals surface area contributed by atoms with Crippen molar-refractivity contribution in [3.8, 4) is 17.2 Å². The van der Waals surface area contributed by atoms with Crippen molar-refractivity contribution in [1.82, 2.24) is 65.3 Å². The zero-order valence-electron chi connectivity index (χ0n) is 57.8. The van der Waals surface area contributed by atoms with Gasteiger partial charge in [-0.05, 0) is 222 Å². The van der Waals surface area contributed by atoms with Gasteiger partial charge in [0.2, 0.25) is 52.2 Å². The van der Waals surface area contributed by atoms with Crippen LogP contribution in [0.1, 0.15) is 110 Å². The van der Waals surface area contributed by atoms with Crippen LogP contribution in [-0.2, 0) is 0 Å². The average Bonchev–Trinajstić information content (AvgIpc) is 0.892. The van der Waals surface area contributed by atoms with Crippen molar-refractivity contribution in [2.24, 2.45) is 0 Å². The third kappa shape index (κ3) is 30.5. The summed E-state index contributed by atoms with van der Waals surface area (Å²) in [6, 6.07) is 17.6. The number of ether oxygens (including phenoxy) is 3. The summed E-state index contributed by atoms with van der Waals surface area (Å²) in [7, 11) is 15.2. The standard InChI is InChI=1S/C22H34ClN7O2.C21H32ClN7O2.C10H7Cl3N4O.C7H16N2.C6H14O/c1-29-12-9-17(10-13-29)30(2)22-27-20(24-11-5-4-6-14-31)26-21(28-22)25-16-7-8-19(32-3)18(23)15-16;1-29(16-8-11-23-12-9-16)21-27-19(24-10-4-3-5-13-30)26-20(28-21)25-15-6-7-18(31-2)17(22)14-15;1-18-7-3-2-5(4-6(7)11)14-10-16-8(12)15-9(13)17-10;1-8-7-3-5-9(2)6-4-7;1-2-3-4-5-6-7/h7-8,15,17,31H,4-6,9-14H2,1-3H3,(H2,24,25,26,27,28);6-7,14,16,23,30H,3-5,8-13H2,1-2H3,(H2,24,25,26,27,28);2-4H,1H3,(H,14,15,16,17);7-8H,3-6H2,1-2H3;7H,2-6H2,1H3. The van der Waals surface area contributed by atoms with Gasteiger partial charge in [0.1, 0.15) is 17.2 Å². The number of hydrogen-bond donors (Lipinski definition) is 10. The summed E-state index contributed by atoms with van der Waals surface area (Å²) in [5.41, 5.74) is 2.21. The fraction of sp³-hybridized carbons (Fsp3) is 0.591. The van der Waals surface area contributed by atoms with E-state index in [2.05, 4.69) is 130 Å². The Bertz CT molecular complexity index is 3150. The zero-order chi connectivity index (χ0) is 70.3. The summed E-state index contributed by atoms with van der Waals surface area (Å²) in [6.07, 6.45) is 16.9. The van der Waals surface area contributed by atoms with Crippen LogP contribution in [0.2, 0.25) is 25.6 Å². The molecule has 0 unspecified atom stereocenters. The molecule has 0 amide bonds. The normalized spacial score (nSPS) is 14.4. The van der Waals surface area contributed by atoms with E-state index < -0.39 is 0 Å². The second-order valence-corrected chi connectivity index (χ2v) is 25.4. The predicted molar refractivity (Wildman–Crippen MR) is 396 cm³/mol. The average molecular weight is 1450 g/mol. The number of unbranched alkanes of at least 4 members (excludes halogenated alkanes) is 7. The van der Waals surface area contributed by atoms with Crippen molar-refractivity contribution in [3.05, 3.63) is 80.2 Å². The first-order chi connectivity index (χ1) is 46.9. The molecule has 9 rings (SSSR count). The minimum Gasteiger partial charge on any atom is -0.495 e. The van der Waals surface area contributed by atoms with Crippen LogP contribution in [0.3, 0.4) is 0 Å². The third-order valence-corrected chi connectivity index (χ3v) is 17.4. The van der Waals surface area contributed by atoms with E-state index in [0.717, 1.165) is 127 Å². The van der Waals surface area contributed by atoms with Crippen LogP contribution in [0.5, 0.6) is 17.2 Å². The van der Waals surface area contributed by atoms with E-state index in [1.807, 2.05) is 26.2 Å². The first kappa shape index (κ1) is 81.5. The van der Waals surface area contributed by atoms with Gasteiger partial charge in [-0.1, -0.05) is 61.0 Å². The molecule has 3 aliphatic heterocycles. The van der Waals surface area contributed by atoms with Crippen LogP contribution in [0.15, 0.2) is 54.6 Å². The number of halogens is 5. The second-order valence-electron chi connectivity index (χ2n) is 23.5. The Morgan fingerprint density at radius 3 is 1.20 bits per heavy atom. The van der Waals surface area contributed by atoms with Gasteiger partial charge in [0.25, 0.3) is 0 Å². The van der Waals surface area contributed by atoms with E-state index in [1.165, 1.54) is 45.2 Å².